The number of aromatic nitrogens is 2. The van der Waals surface area contributed by atoms with Crippen LogP contribution in [0.1, 0.15) is 27.2 Å². The third kappa shape index (κ3) is 2.36. The predicted octanol–water partition coefficient (Wildman–Crippen LogP) is 2.59. The number of carbonyl (C=O) groups is 1. The molecule has 0 fully saturated rings. The fourth-order valence-electron chi connectivity index (χ4n) is 1.63. The van der Waals surface area contributed by atoms with Gasteiger partial charge in [-0.15, -0.1) is 0 Å². The molecule has 0 aliphatic heterocycles. The molecule has 0 spiro atoms. The van der Waals surface area contributed by atoms with Crippen LogP contribution in [-0.2, 0) is 0 Å². The third-order valence-electron chi connectivity index (χ3n) is 2.70. The fourth-order valence-corrected chi connectivity index (χ4v) is 1.63. The Labute approximate surface area is 100 Å². The summed E-state index contributed by atoms with van der Waals surface area (Å²) in [5.74, 6) is -0.159. The van der Waals surface area contributed by atoms with Gasteiger partial charge in [-0.2, -0.15) is 5.10 Å². The molecule has 4 heteroatoms. The maximum atomic E-state index is 12.0. The normalized spacial score (nSPS) is 10.3. The second kappa shape index (κ2) is 4.41. The number of H-pyrrole nitrogens is 1. The van der Waals surface area contributed by atoms with Gasteiger partial charge in [-0.3, -0.25) is 9.89 Å². The molecule has 1 aromatic heterocycles. The van der Waals surface area contributed by atoms with Gasteiger partial charge in [0, 0.05) is 5.69 Å². The first-order valence-electron chi connectivity index (χ1n) is 5.46. The molecule has 1 aromatic carbocycles. The van der Waals surface area contributed by atoms with Crippen LogP contribution < -0.4 is 5.32 Å². The van der Waals surface area contributed by atoms with Gasteiger partial charge in [0.2, 0.25) is 0 Å². The Morgan fingerprint density at radius 1 is 1.24 bits per heavy atom. The summed E-state index contributed by atoms with van der Waals surface area (Å²) in [6.45, 7) is 5.81. The molecular formula is C13H15N3O. The summed E-state index contributed by atoms with van der Waals surface area (Å²) in [5, 5.41) is 9.42. The number of anilines is 1. The van der Waals surface area contributed by atoms with Crippen LogP contribution >= 0.6 is 0 Å². The van der Waals surface area contributed by atoms with Crippen molar-refractivity contribution in [1.82, 2.24) is 10.2 Å². The molecular weight excluding hydrogens is 214 g/mol. The average molecular weight is 229 g/mol. The Bertz CT molecular complexity index is 558. The van der Waals surface area contributed by atoms with E-state index in [9.17, 15) is 4.79 Å². The monoisotopic (exact) mass is 229 g/mol. The lowest BCUT2D eigenvalue weighted by molar-refractivity contribution is 0.102. The number of rotatable bonds is 2. The van der Waals surface area contributed by atoms with Gasteiger partial charge in [-0.05, 0) is 43.5 Å². The first-order valence-corrected chi connectivity index (χ1v) is 5.46. The van der Waals surface area contributed by atoms with Gasteiger partial charge < -0.3 is 5.32 Å². The van der Waals surface area contributed by atoms with E-state index < -0.39 is 0 Å². The van der Waals surface area contributed by atoms with E-state index in [1.54, 1.807) is 6.20 Å². The first kappa shape index (κ1) is 11.4. The number of aromatic amines is 1. The van der Waals surface area contributed by atoms with Crippen molar-refractivity contribution in [3.63, 3.8) is 0 Å². The summed E-state index contributed by atoms with van der Waals surface area (Å²) in [5.41, 5.74) is 4.34. The van der Waals surface area contributed by atoms with Crippen molar-refractivity contribution in [2.45, 2.75) is 20.8 Å². The van der Waals surface area contributed by atoms with E-state index in [4.69, 9.17) is 0 Å². The van der Waals surface area contributed by atoms with Crippen molar-refractivity contribution in [1.29, 1.82) is 0 Å². The third-order valence-corrected chi connectivity index (χ3v) is 2.70. The van der Waals surface area contributed by atoms with E-state index in [0.29, 0.717) is 5.69 Å². The minimum Gasteiger partial charge on any atom is -0.320 e. The van der Waals surface area contributed by atoms with Gasteiger partial charge >= 0.3 is 0 Å². The second-order valence-corrected chi connectivity index (χ2v) is 4.20. The molecule has 0 radical (unpaired) electrons. The van der Waals surface area contributed by atoms with Crippen LogP contribution in [0.15, 0.2) is 24.4 Å². The van der Waals surface area contributed by atoms with E-state index in [2.05, 4.69) is 15.5 Å². The molecule has 0 bridgehead atoms. The Morgan fingerprint density at radius 3 is 2.65 bits per heavy atom. The molecule has 2 N–H and O–H groups in total. The number of hydrogen-bond acceptors (Lipinski definition) is 2. The predicted molar refractivity (Wildman–Crippen MR) is 67.2 cm³/mol. The number of aryl methyl sites for hydroxylation is 3. The van der Waals surface area contributed by atoms with Gasteiger partial charge in [0.15, 0.2) is 0 Å². The van der Waals surface area contributed by atoms with E-state index in [0.717, 1.165) is 22.4 Å². The number of carbonyl (C=O) groups excluding carboxylic acids is 1. The molecule has 0 aliphatic rings. The van der Waals surface area contributed by atoms with Crippen LogP contribution in [0.4, 0.5) is 5.69 Å². The van der Waals surface area contributed by atoms with E-state index >= 15 is 0 Å². The summed E-state index contributed by atoms with van der Waals surface area (Å²) < 4.78 is 0. The lowest BCUT2D eigenvalue weighted by atomic mass is 10.1. The van der Waals surface area contributed by atoms with E-state index in [1.807, 2.05) is 39.0 Å². The molecule has 0 saturated heterocycles. The first-order chi connectivity index (χ1) is 8.08. The number of nitrogens with zero attached hydrogens (tertiary/aromatic N) is 1. The van der Waals surface area contributed by atoms with E-state index in [-0.39, 0.29) is 5.91 Å². The standard InChI is InChI=1S/C13H15N3O/c1-8-4-5-9(2)11(6-8)15-13(17)12-10(3)7-14-16-12/h4-7H,1-3H3,(H,14,16)(H,15,17). The van der Waals surface area contributed by atoms with Crippen molar-refractivity contribution < 1.29 is 4.79 Å². The SMILES string of the molecule is Cc1ccc(C)c(NC(=O)c2[nH]ncc2C)c1. The highest BCUT2D eigenvalue weighted by Crippen LogP contribution is 2.17. The quantitative estimate of drug-likeness (QED) is 0.831. The van der Waals surface area contributed by atoms with Crippen molar-refractivity contribution in [3.05, 3.63) is 46.8 Å². The van der Waals surface area contributed by atoms with Crippen LogP contribution in [0.3, 0.4) is 0 Å². The van der Waals surface area contributed by atoms with Crippen LogP contribution in [0.5, 0.6) is 0 Å². The molecule has 1 heterocycles. The van der Waals surface area contributed by atoms with Crippen LogP contribution in [0, 0.1) is 20.8 Å². The number of benzene rings is 1. The van der Waals surface area contributed by atoms with Crippen LogP contribution in [0.25, 0.3) is 0 Å². The zero-order valence-electron chi connectivity index (χ0n) is 10.2. The maximum Gasteiger partial charge on any atom is 0.273 e. The highest BCUT2D eigenvalue weighted by Gasteiger charge is 2.11. The largest absolute Gasteiger partial charge is 0.320 e. The molecule has 1 amide bonds. The lowest BCUT2D eigenvalue weighted by Crippen LogP contribution is -2.14. The average Bonchev–Trinajstić information content (AvgIpc) is 2.70. The molecule has 88 valence electrons. The summed E-state index contributed by atoms with van der Waals surface area (Å²) in [4.78, 5) is 12.0. The Hall–Kier alpha value is -2.10. The number of amides is 1. The molecule has 2 rings (SSSR count). The van der Waals surface area contributed by atoms with Gasteiger partial charge in [-0.25, -0.2) is 0 Å². The van der Waals surface area contributed by atoms with Gasteiger partial charge in [-0.1, -0.05) is 12.1 Å². The zero-order chi connectivity index (χ0) is 12.4. The minimum absolute atomic E-state index is 0.159. The van der Waals surface area contributed by atoms with Gasteiger partial charge in [0.25, 0.3) is 5.91 Å². The molecule has 17 heavy (non-hydrogen) atoms. The number of hydrogen-bond donors (Lipinski definition) is 2. The van der Waals surface area contributed by atoms with Crippen molar-refractivity contribution >= 4 is 11.6 Å². The Balaban J connectivity index is 2.24. The maximum absolute atomic E-state index is 12.0. The van der Waals surface area contributed by atoms with Gasteiger partial charge in [0.05, 0.1) is 6.20 Å². The summed E-state index contributed by atoms with van der Waals surface area (Å²) in [7, 11) is 0. The van der Waals surface area contributed by atoms with Crippen molar-refractivity contribution in [3.8, 4) is 0 Å². The summed E-state index contributed by atoms with van der Waals surface area (Å²) >= 11 is 0. The zero-order valence-corrected chi connectivity index (χ0v) is 10.2. The molecule has 0 unspecified atom stereocenters. The summed E-state index contributed by atoms with van der Waals surface area (Å²) in [6, 6.07) is 5.97. The van der Waals surface area contributed by atoms with Gasteiger partial charge in [0.1, 0.15) is 5.69 Å². The summed E-state index contributed by atoms with van der Waals surface area (Å²) in [6.07, 6.45) is 1.64. The molecule has 0 atom stereocenters. The van der Waals surface area contributed by atoms with Crippen LogP contribution in [0.2, 0.25) is 0 Å². The second-order valence-electron chi connectivity index (χ2n) is 4.20. The molecule has 0 aliphatic carbocycles. The molecule has 0 saturated carbocycles. The fraction of sp³-hybridized carbons (Fsp3) is 0.231. The Kier molecular flexibility index (Phi) is 2.95. The lowest BCUT2D eigenvalue weighted by Gasteiger charge is -2.08. The Morgan fingerprint density at radius 2 is 2.00 bits per heavy atom. The molecule has 4 nitrogen and oxygen atoms in total. The minimum atomic E-state index is -0.159. The van der Waals surface area contributed by atoms with Crippen molar-refractivity contribution in [2.24, 2.45) is 0 Å². The molecule has 2 aromatic rings. The van der Waals surface area contributed by atoms with Crippen LogP contribution in [-0.4, -0.2) is 16.1 Å². The highest BCUT2D eigenvalue weighted by molar-refractivity contribution is 6.04. The van der Waals surface area contributed by atoms with Crippen molar-refractivity contribution in [2.75, 3.05) is 5.32 Å². The highest BCUT2D eigenvalue weighted by atomic mass is 16.1. The topological polar surface area (TPSA) is 57.8 Å². The smallest absolute Gasteiger partial charge is 0.273 e. The van der Waals surface area contributed by atoms with E-state index in [1.165, 1.54) is 0 Å². The number of nitrogens with one attached hydrogen (secondary N) is 2.